The van der Waals surface area contributed by atoms with E-state index in [9.17, 15) is 8.42 Å². The van der Waals surface area contributed by atoms with E-state index < -0.39 is 10.0 Å². The summed E-state index contributed by atoms with van der Waals surface area (Å²) in [7, 11) is -3.28. The van der Waals surface area contributed by atoms with Gasteiger partial charge >= 0.3 is 0 Å². The molecule has 0 atom stereocenters. The van der Waals surface area contributed by atoms with Crippen LogP contribution in [0, 0.1) is 0 Å². The highest BCUT2D eigenvalue weighted by molar-refractivity contribution is 7.91. The molecule has 7 heteroatoms. The minimum absolute atomic E-state index is 0.393. The van der Waals surface area contributed by atoms with Crippen molar-refractivity contribution in [3.63, 3.8) is 0 Å². The zero-order chi connectivity index (χ0) is 12.8. The number of hydrogen-bond donors (Lipinski definition) is 2. The summed E-state index contributed by atoms with van der Waals surface area (Å²) in [4.78, 5) is 2.36. The van der Waals surface area contributed by atoms with Gasteiger partial charge in [-0.3, -0.25) is 0 Å². The van der Waals surface area contributed by atoms with Crippen LogP contribution in [0.1, 0.15) is 6.42 Å². The third-order valence-corrected chi connectivity index (χ3v) is 5.77. The van der Waals surface area contributed by atoms with Gasteiger partial charge in [-0.2, -0.15) is 0 Å². The standard InChI is InChI=1S/C11H19N3O2S2/c15-18(16,11-3-1-10-17-11)13-4-2-7-14-8-5-12-6-9-14/h1,3,10,12-13H,2,4-9H2. The maximum absolute atomic E-state index is 11.8. The molecule has 0 aromatic carbocycles. The highest BCUT2D eigenvalue weighted by Gasteiger charge is 2.14. The Morgan fingerprint density at radius 1 is 1.39 bits per heavy atom. The summed E-state index contributed by atoms with van der Waals surface area (Å²) in [5.74, 6) is 0. The first-order valence-electron chi connectivity index (χ1n) is 6.15. The predicted octanol–water partition coefficient (Wildman–Crippen LogP) is 0.322. The lowest BCUT2D eigenvalue weighted by atomic mass is 10.3. The normalized spacial score (nSPS) is 18.0. The minimum Gasteiger partial charge on any atom is -0.314 e. The lowest BCUT2D eigenvalue weighted by Crippen LogP contribution is -2.44. The molecule has 18 heavy (non-hydrogen) atoms. The fourth-order valence-electron chi connectivity index (χ4n) is 1.93. The first kappa shape index (κ1) is 14.0. The molecule has 1 aliphatic rings. The molecule has 1 aliphatic heterocycles. The molecular formula is C11H19N3O2S2. The molecule has 1 saturated heterocycles. The summed E-state index contributed by atoms with van der Waals surface area (Å²) in [6, 6.07) is 3.38. The van der Waals surface area contributed by atoms with Gasteiger partial charge in [0, 0.05) is 32.7 Å². The van der Waals surface area contributed by atoms with Crippen LogP contribution in [0.4, 0.5) is 0 Å². The fraction of sp³-hybridized carbons (Fsp3) is 0.636. The summed E-state index contributed by atoms with van der Waals surface area (Å²) in [6.45, 7) is 5.62. The van der Waals surface area contributed by atoms with E-state index in [0.717, 1.165) is 39.1 Å². The topological polar surface area (TPSA) is 61.4 Å². The van der Waals surface area contributed by atoms with E-state index in [0.29, 0.717) is 10.8 Å². The Bertz CT molecular complexity index is 439. The van der Waals surface area contributed by atoms with Crippen molar-refractivity contribution in [1.82, 2.24) is 14.9 Å². The van der Waals surface area contributed by atoms with Crippen molar-refractivity contribution in [2.75, 3.05) is 39.3 Å². The molecule has 0 saturated carbocycles. The Kier molecular flexibility index (Phi) is 5.13. The van der Waals surface area contributed by atoms with Gasteiger partial charge in [0.2, 0.25) is 10.0 Å². The van der Waals surface area contributed by atoms with Gasteiger partial charge in [-0.05, 0) is 24.4 Å². The van der Waals surface area contributed by atoms with Crippen LogP contribution in [-0.2, 0) is 10.0 Å². The number of sulfonamides is 1. The summed E-state index contributed by atoms with van der Waals surface area (Å²) < 4.78 is 26.7. The number of nitrogens with one attached hydrogen (secondary N) is 2. The maximum Gasteiger partial charge on any atom is 0.250 e. The molecule has 1 aromatic heterocycles. The average Bonchev–Trinajstić information content (AvgIpc) is 2.91. The first-order chi connectivity index (χ1) is 8.68. The van der Waals surface area contributed by atoms with Crippen LogP contribution in [0.15, 0.2) is 21.7 Å². The Hall–Kier alpha value is -0.470. The van der Waals surface area contributed by atoms with Gasteiger partial charge in [0.15, 0.2) is 0 Å². The average molecular weight is 289 g/mol. The Morgan fingerprint density at radius 3 is 2.83 bits per heavy atom. The summed E-state index contributed by atoms with van der Waals surface area (Å²) >= 11 is 1.25. The molecule has 0 radical (unpaired) electrons. The van der Waals surface area contributed by atoms with Gasteiger partial charge in [-0.15, -0.1) is 11.3 Å². The lowest BCUT2D eigenvalue weighted by molar-refractivity contribution is 0.239. The minimum atomic E-state index is -3.28. The maximum atomic E-state index is 11.8. The lowest BCUT2D eigenvalue weighted by Gasteiger charge is -2.26. The molecule has 0 spiro atoms. The first-order valence-corrected chi connectivity index (χ1v) is 8.51. The van der Waals surface area contributed by atoms with Crippen molar-refractivity contribution < 1.29 is 8.42 Å². The molecule has 0 amide bonds. The van der Waals surface area contributed by atoms with Gasteiger partial charge in [-0.25, -0.2) is 13.1 Å². The van der Waals surface area contributed by atoms with E-state index in [2.05, 4.69) is 14.9 Å². The third kappa shape index (κ3) is 4.03. The quantitative estimate of drug-likeness (QED) is 0.741. The van der Waals surface area contributed by atoms with Crippen molar-refractivity contribution in [3.05, 3.63) is 17.5 Å². The van der Waals surface area contributed by atoms with E-state index in [1.807, 2.05) is 0 Å². The van der Waals surface area contributed by atoms with Crippen LogP contribution in [0.5, 0.6) is 0 Å². The van der Waals surface area contributed by atoms with Crippen LogP contribution in [-0.4, -0.2) is 52.6 Å². The van der Waals surface area contributed by atoms with E-state index in [1.165, 1.54) is 11.3 Å². The molecule has 0 bridgehead atoms. The predicted molar refractivity (Wildman–Crippen MR) is 73.4 cm³/mol. The zero-order valence-corrected chi connectivity index (χ0v) is 11.9. The van der Waals surface area contributed by atoms with Crippen LogP contribution >= 0.6 is 11.3 Å². The Balaban J connectivity index is 1.69. The largest absolute Gasteiger partial charge is 0.314 e. The molecule has 102 valence electrons. The van der Waals surface area contributed by atoms with Gasteiger partial charge in [0.25, 0.3) is 0 Å². The molecule has 2 heterocycles. The highest BCUT2D eigenvalue weighted by Crippen LogP contribution is 2.14. The van der Waals surface area contributed by atoms with E-state index in [1.54, 1.807) is 17.5 Å². The van der Waals surface area contributed by atoms with Gasteiger partial charge in [-0.1, -0.05) is 6.07 Å². The summed E-state index contributed by atoms with van der Waals surface area (Å²) in [6.07, 6.45) is 0.852. The SMILES string of the molecule is O=S(=O)(NCCCN1CCNCC1)c1cccs1. The van der Waals surface area contributed by atoms with E-state index in [-0.39, 0.29) is 0 Å². The Morgan fingerprint density at radius 2 is 2.17 bits per heavy atom. The molecule has 0 unspecified atom stereocenters. The molecular weight excluding hydrogens is 270 g/mol. The number of thiophene rings is 1. The van der Waals surface area contributed by atoms with Crippen molar-refractivity contribution in [2.45, 2.75) is 10.6 Å². The second-order valence-corrected chi connectivity index (χ2v) is 7.22. The van der Waals surface area contributed by atoms with Crippen LogP contribution in [0.2, 0.25) is 0 Å². The molecule has 1 fully saturated rings. The number of piperazine rings is 1. The summed E-state index contributed by atoms with van der Waals surface area (Å²) in [5.41, 5.74) is 0. The van der Waals surface area contributed by atoms with Crippen molar-refractivity contribution >= 4 is 21.4 Å². The van der Waals surface area contributed by atoms with Crippen LogP contribution < -0.4 is 10.0 Å². The number of rotatable bonds is 6. The molecule has 0 aliphatic carbocycles. The third-order valence-electron chi connectivity index (χ3n) is 2.91. The molecule has 1 aromatic rings. The van der Waals surface area contributed by atoms with Gasteiger partial charge < -0.3 is 10.2 Å². The van der Waals surface area contributed by atoms with E-state index >= 15 is 0 Å². The van der Waals surface area contributed by atoms with Crippen molar-refractivity contribution in [1.29, 1.82) is 0 Å². The van der Waals surface area contributed by atoms with Crippen molar-refractivity contribution in [2.24, 2.45) is 0 Å². The summed E-state index contributed by atoms with van der Waals surface area (Å²) in [5, 5.41) is 5.07. The Labute approximate surface area is 112 Å². The zero-order valence-electron chi connectivity index (χ0n) is 10.3. The van der Waals surface area contributed by atoms with Crippen LogP contribution in [0.3, 0.4) is 0 Å². The second kappa shape index (κ2) is 6.63. The van der Waals surface area contributed by atoms with Gasteiger partial charge in [0.05, 0.1) is 0 Å². The van der Waals surface area contributed by atoms with E-state index in [4.69, 9.17) is 0 Å². The number of nitrogens with zero attached hydrogens (tertiary/aromatic N) is 1. The smallest absolute Gasteiger partial charge is 0.250 e. The molecule has 2 rings (SSSR count). The van der Waals surface area contributed by atoms with Crippen molar-refractivity contribution in [3.8, 4) is 0 Å². The highest BCUT2D eigenvalue weighted by atomic mass is 32.2. The van der Waals surface area contributed by atoms with Crippen LogP contribution in [0.25, 0.3) is 0 Å². The monoisotopic (exact) mass is 289 g/mol. The molecule has 2 N–H and O–H groups in total. The number of hydrogen-bond acceptors (Lipinski definition) is 5. The fourth-order valence-corrected chi connectivity index (χ4v) is 4.04. The van der Waals surface area contributed by atoms with Gasteiger partial charge in [0.1, 0.15) is 4.21 Å². The molecule has 5 nitrogen and oxygen atoms in total. The second-order valence-electron chi connectivity index (χ2n) is 4.28.